The van der Waals surface area contributed by atoms with Crippen LogP contribution >= 0.6 is 39.1 Å². The fourth-order valence-corrected chi connectivity index (χ4v) is 4.47. The first-order chi connectivity index (χ1) is 15.8. The molecule has 0 saturated carbocycles. The number of hydrogen-bond donors (Lipinski definition) is 1. The van der Waals surface area contributed by atoms with Gasteiger partial charge in [0.15, 0.2) is 6.61 Å². The van der Waals surface area contributed by atoms with E-state index < -0.39 is 6.04 Å². The van der Waals surface area contributed by atoms with Crippen LogP contribution in [0, 0.1) is 0 Å². The van der Waals surface area contributed by atoms with Gasteiger partial charge in [0.25, 0.3) is 5.91 Å². The smallest absolute Gasteiger partial charge is 0.261 e. The van der Waals surface area contributed by atoms with Crippen molar-refractivity contribution in [3.63, 3.8) is 0 Å². The Morgan fingerprint density at radius 1 is 1.12 bits per heavy atom. The van der Waals surface area contributed by atoms with Crippen LogP contribution < -0.4 is 10.1 Å². The summed E-state index contributed by atoms with van der Waals surface area (Å²) in [5, 5.41) is 3.77. The van der Waals surface area contributed by atoms with Crippen LogP contribution in [0.2, 0.25) is 10.0 Å². The first-order valence-electron chi connectivity index (χ1n) is 11.3. The number of nitrogens with one attached hydrogen (secondary N) is 1. The molecule has 0 aliphatic rings. The normalized spacial score (nSPS) is 12.4. The average Bonchev–Trinajstić information content (AvgIpc) is 2.73. The monoisotopic (exact) mass is 570 g/mol. The fourth-order valence-electron chi connectivity index (χ4n) is 3.46. The van der Waals surface area contributed by atoms with Gasteiger partial charge < -0.3 is 15.0 Å². The van der Waals surface area contributed by atoms with Crippen LogP contribution in [0.4, 0.5) is 0 Å². The van der Waals surface area contributed by atoms with E-state index in [1.165, 1.54) is 4.90 Å². The summed E-state index contributed by atoms with van der Waals surface area (Å²) >= 11 is 16.3. The number of carbonyl (C=O) groups is 2. The Kier molecular flexibility index (Phi) is 10.3. The predicted molar refractivity (Wildman–Crippen MR) is 143 cm³/mol. The van der Waals surface area contributed by atoms with E-state index in [-0.39, 0.29) is 36.4 Å². The molecule has 0 fully saturated rings. The first-order valence-corrected chi connectivity index (χ1v) is 12.9. The van der Waals surface area contributed by atoms with Crippen molar-refractivity contribution in [1.82, 2.24) is 10.2 Å². The van der Waals surface area contributed by atoms with Crippen molar-refractivity contribution in [2.45, 2.75) is 72.0 Å². The van der Waals surface area contributed by atoms with Gasteiger partial charge in [-0.1, -0.05) is 63.0 Å². The summed E-state index contributed by atoms with van der Waals surface area (Å²) in [4.78, 5) is 27.8. The van der Waals surface area contributed by atoms with Gasteiger partial charge in [0, 0.05) is 28.2 Å². The topological polar surface area (TPSA) is 58.6 Å². The summed E-state index contributed by atoms with van der Waals surface area (Å²) in [5.74, 6) is -0.0185. The van der Waals surface area contributed by atoms with Crippen molar-refractivity contribution < 1.29 is 14.3 Å². The van der Waals surface area contributed by atoms with Gasteiger partial charge in [-0.3, -0.25) is 9.59 Å². The maximum Gasteiger partial charge on any atom is 0.261 e. The van der Waals surface area contributed by atoms with Crippen molar-refractivity contribution in [3.05, 3.63) is 62.0 Å². The molecule has 8 heteroatoms. The molecule has 0 heterocycles. The standard InChI is InChI=1S/C26H33BrCl2N2O3/c1-7-22(25(33)30-16(2)3)31(14-18-20(28)9-8-10-21(18)29)24(32)15-34-23-12-11-17(13-19(23)27)26(4,5)6/h8-13,16,22H,7,14-15H2,1-6H3,(H,30,33). The maximum atomic E-state index is 13.4. The molecule has 0 aromatic heterocycles. The SMILES string of the molecule is CCC(C(=O)NC(C)C)N(Cc1c(Cl)cccc1Cl)C(=O)COc1ccc(C(C)(C)C)cc1Br. The molecule has 0 aliphatic carbocycles. The lowest BCUT2D eigenvalue weighted by molar-refractivity contribution is -0.143. The zero-order chi connectivity index (χ0) is 25.6. The molecular weight excluding hydrogens is 539 g/mol. The van der Waals surface area contributed by atoms with E-state index in [0.717, 1.165) is 10.0 Å². The van der Waals surface area contributed by atoms with E-state index in [9.17, 15) is 9.59 Å². The van der Waals surface area contributed by atoms with Gasteiger partial charge >= 0.3 is 0 Å². The zero-order valence-electron chi connectivity index (χ0n) is 20.5. The summed E-state index contributed by atoms with van der Waals surface area (Å²) < 4.78 is 6.63. The van der Waals surface area contributed by atoms with Crippen LogP contribution in [-0.2, 0) is 21.5 Å². The number of carbonyl (C=O) groups excluding carboxylic acids is 2. The van der Waals surface area contributed by atoms with E-state index in [1.54, 1.807) is 18.2 Å². The Labute approximate surface area is 221 Å². The molecular formula is C26H33BrCl2N2O3. The number of amides is 2. The molecule has 186 valence electrons. The van der Waals surface area contributed by atoms with Crippen molar-refractivity contribution in [2.24, 2.45) is 0 Å². The highest BCUT2D eigenvalue weighted by Crippen LogP contribution is 2.32. The maximum absolute atomic E-state index is 13.4. The third-order valence-electron chi connectivity index (χ3n) is 5.36. The van der Waals surface area contributed by atoms with E-state index in [4.69, 9.17) is 27.9 Å². The number of rotatable bonds is 9. The van der Waals surface area contributed by atoms with Gasteiger partial charge in [0.1, 0.15) is 11.8 Å². The van der Waals surface area contributed by atoms with Gasteiger partial charge in [-0.15, -0.1) is 0 Å². The molecule has 2 rings (SSSR count). The van der Waals surface area contributed by atoms with Gasteiger partial charge in [0.05, 0.1) is 4.47 Å². The predicted octanol–water partition coefficient (Wildman–Crippen LogP) is 6.76. The highest BCUT2D eigenvalue weighted by atomic mass is 79.9. The molecule has 2 aromatic carbocycles. The van der Waals surface area contributed by atoms with Crippen LogP contribution in [0.25, 0.3) is 0 Å². The second-order valence-electron chi connectivity index (χ2n) is 9.49. The van der Waals surface area contributed by atoms with Crippen LogP contribution in [-0.4, -0.2) is 35.4 Å². The van der Waals surface area contributed by atoms with Crippen molar-refractivity contribution in [1.29, 1.82) is 0 Å². The first kappa shape index (κ1) is 28.5. The van der Waals surface area contributed by atoms with Crippen LogP contribution in [0.15, 0.2) is 40.9 Å². The number of hydrogen-bond acceptors (Lipinski definition) is 3. The summed E-state index contributed by atoms with van der Waals surface area (Å²) in [6, 6.07) is 10.2. The number of nitrogens with zero attached hydrogens (tertiary/aromatic N) is 1. The largest absolute Gasteiger partial charge is 0.483 e. The molecule has 0 bridgehead atoms. The Hall–Kier alpha value is -1.76. The summed E-state index contributed by atoms with van der Waals surface area (Å²) in [6.07, 6.45) is 0.427. The number of benzene rings is 2. The molecule has 1 atom stereocenters. The Morgan fingerprint density at radius 3 is 2.24 bits per heavy atom. The van der Waals surface area contributed by atoms with Crippen LogP contribution in [0.3, 0.4) is 0 Å². The molecule has 0 radical (unpaired) electrons. The van der Waals surface area contributed by atoms with E-state index >= 15 is 0 Å². The average molecular weight is 572 g/mol. The summed E-state index contributed by atoms with van der Waals surface area (Å²) in [6.45, 7) is 11.9. The molecule has 5 nitrogen and oxygen atoms in total. The fraction of sp³-hybridized carbons (Fsp3) is 0.462. The quantitative estimate of drug-likeness (QED) is 0.361. The minimum atomic E-state index is -0.697. The molecule has 1 N–H and O–H groups in total. The van der Waals surface area contributed by atoms with E-state index in [0.29, 0.717) is 27.8 Å². The molecule has 2 aromatic rings. The van der Waals surface area contributed by atoms with Gasteiger partial charge in [-0.2, -0.15) is 0 Å². The third kappa shape index (κ3) is 7.62. The minimum absolute atomic E-state index is 0.0139. The van der Waals surface area contributed by atoms with Gasteiger partial charge in [0.2, 0.25) is 5.91 Å². The second-order valence-corrected chi connectivity index (χ2v) is 11.2. The highest BCUT2D eigenvalue weighted by Gasteiger charge is 2.30. The molecule has 34 heavy (non-hydrogen) atoms. The molecule has 0 aliphatic heterocycles. The Morgan fingerprint density at radius 2 is 1.74 bits per heavy atom. The third-order valence-corrected chi connectivity index (χ3v) is 6.68. The Bertz CT molecular complexity index is 1000. The van der Waals surface area contributed by atoms with Crippen molar-refractivity contribution in [2.75, 3.05) is 6.61 Å². The minimum Gasteiger partial charge on any atom is -0.483 e. The van der Waals surface area contributed by atoms with Crippen LogP contribution in [0.5, 0.6) is 5.75 Å². The molecule has 1 unspecified atom stereocenters. The lowest BCUT2D eigenvalue weighted by Gasteiger charge is -2.31. The number of halogens is 3. The molecule has 2 amide bonds. The van der Waals surface area contributed by atoms with Crippen molar-refractivity contribution >= 4 is 50.9 Å². The number of ether oxygens (including phenoxy) is 1. The summed E-state index contributed by atoms with van der Waals surface area (Å²) in [5.41, 5.74) is 1.72. The van der Waals surface area contributed by atoms with Crippen LogP contribution in [0.1, 0.15) is 59.1 Å². The second kappa shape index (κ2) is 12.3. The zero-order valence-corrected chi connectivity index (χ0v) is 23.6. The lowest BCUT2D eigenvalue weighted by Crippen LogP contribution is -2.51. The highest BCUT2D eigenvalue weighted by molar-refractivity contribution is 9.10. The van der Waals surface area contributed by atoms with Crippen molar-refractivity contribution in [3.8, 4) is 5.75 Å². The summed E-state index contributed by atoms with van der Waals surface area (Å²) in [7, 11) is 0. The van der Waals surface area contributed by atoms with Gasteiger partial charge in [-0.05, 0) is 71.4 Å². The Balaban J connectivity index is 2.30. The van der Waals surface area contributed by atoms with E-state index in [1.807, 2.05) is 39.0 Å². The van der Waals surface area contributed by atoms with Gasteiger partial charge in [-0.25, -0.2) is 0 Å². The van der Waals surface area contributed by atoms with E-state index in [2.05, 4.69) is 42.0 Å². The molecule has 0 saturated heterocycles. The molecule has 0 spiro atoms. The lowest BCUT2D eigenvalue weighted by atomic mass is 9.87.